The molecule has 0 spiro atoms. The van der Waals surface area contributed by atoms with Crippen LogP contribution in [0.2, 0.25) is 0 Å². The van der Waals surface area contributed by atoms with E-state index in [1.54, 1.807) is 11.4 Å². The molecule has 21 heteroatoms. The van der Waals surface area contributed by atoms with Gasteiger partial charge in [0.25, 0.3) is 16.1 Å². The van der Waals surface area contributed by atoms with Gasteiger partial charge in [-0.3, -0.25) is 4.79 Å². The van der Waals surface area contributed by atoms with Crippen LogP contribution in [-0.4, -0.2) is 62.6 Å². The number of nitrogens with zero attached hydrogens (tertiary/aromatic N) is 3. The van der Waals surface area contributed by atoms with Crippen LogP contribution in [0.25, 0.3) is 21.3 Å². The molecule has 238 valence electrons. The zero-order chi connectivity index (χ0) is 32.5. The maximum Gasteiger partial charge on any atom is 0.405 e. The van der Waals surface area contributed by atoms with Crippen molar-refractivity contribution in [3.63, 3.8) is 0 Å². The smallest absolute Gasteiger partial charge is 0.405 e. The van der Waals surface area contributed by atoms with Crippen LogP contribution in [0.3, 0.4) is 0 Å². The van der Waals surface area contributed by atoms with Gasteiger partial charge in [-0.15, -0.1) is 21.5 Å². The van der Waals surface area contributed by atoms with Crippen molar-refractivity contribution >= 4 is 47.5 Å². The number of hydrogen-bond donors (Lipinski definition) is 3. The van der Waals surface area contributed by atoms with E-state index in [0.717, 1.165) is 11.3 Å². The topological polar surface area (TPSA) is 187 Å². The molecule has 0 fully saturated rings. The predicted octanol–water partition coefficient (Wildman–Crippen LogP) is 3.39. The second kappa shape index (κ2) is 12.4. The monoisotopic (exact) mass is 686 g/mol. The van der Waals surface area contributed by atoms with E-state index < -0.39 is 80.6 Å². The van der Waals surface area contributed by atoms with Gasteiger partial charge in [-0.25, -0.2) is 18.5 Å². The number of hydrogen-bond acceptors (Lipinski definition) is 10. The van der Waals surface area contributed by atoms with E-state index in [2.05, 4.69) is 15.2 Å². The predicted molar refractivity (Wildman–Crippen MR) is 144 cm³/mol. The van der Waals surface area contributed by atoms with Gasteiger partial charge in [0.15, 0.2) is 15.1 Å². The van der Waals surface area contributed by atoms with Gasteiger partial charge in [0.2, 0.25) is 11.8 Å². The molecule has 2 heterocycles. The molecule has 1 unspecified atom stereocenters. The van der Waals surface area contributed by atoms with E-state index in [0.29, 0.717) is 15.8 Å². The molecule has 0 saturated heterocycles. The van der Waals surface area contributed by atoms with Crippen molar-refractivity contribution < 1.29 is 52.4 Å². The fourth-order valence-electron chi connectivity index (χ4n) is 3.75. The maximum atomic E-state index is 13.2. The number of rotatable bonds is 11. The zero-order valence-electron chi connectivity index (χ0n) is 21.8. The Hall–Kier alpha value is -3.66. The third-order valence-electron chi connectivity index (χ3n) is 5.70. The molecule has 0 aliphatic carbocycles. The Morgan fingerprint density at radius 1 is 0.977 bits per heavy atom. The Morgan fingerprint density at radius 3 is 2.34 bits per heavy atom. The maximum absolute atomic E-state index is 13.2. The minimum Gasteiger partial charge on any atom is -0.422 e. The standard InChI is InChI=1S/C23H20F6N6O6S3/c24-22(25,26)6-7-43(37,38)18(20-35-34-17(41-20)10-32-44(30,39)40)21-33-15-5-4-13(9-16(15)42-21)12-2-1-3-14(8-12)19(36)31-11-23(27,28)29/h1-5,8-9,18,32H,6-7,10-11H2,(H,31,36)(H2,30,39,40). The summed E-state index contributed by atoms with van der Waals surface area (Å²) in [6.45, 7) is -2.15. The summed E-state index contributed by atoms with van der Waals surface area (Å²) in [4.78, 5) is 16.4. The highest BCUT2D eigenvalue weighted by atomic mass is 32.2. The lowest BCUT2D eigenvalue weighted by Crippen LogP contribution is -2.33. The lowest BCUT2D eigenvalue weighted by molar-refractivity contribution is -0.130. The molecular weight excluding hydrogens is 666 g/mol. The quantitative estimate of drug-likeness (QED) is 0.199. The molecule has 4 aromatic rings. The first kappa shape index (κ1) is 33.2. The molecule has 1 atom stereocenters. The van der Waals surface area contributed by atoms with Crippen LogP contribution < -0.4 is 15.2 Å². The Balaban J connectivity index is 1.69. The number of aromatic nitrogens is 3. The molecule has 0 bridgehead atoms. The highest BCUT2D eigenvalue weighted by molar-refractivity contribution is 7.92. The normalized spacial score (nSPS) is 13.7. The van der Waals surface area contributed by atoms with Crippen LogP contribution in [0.4, 0.5) is 26.3 Å². The van der Waals surface area contributed by atoms with E-state index in [9.17, 15) is 48.0 Å². The number of amides is 1. The molecule has 2 aromatic carbocycles. The average Bonchev–Trinajstić information content (AvgIpc) is 3.55. The molecule has 12 nitrogen and oxygen atoms in total. The van der Waals surface area contributed by atoms with Crippen LogP contribution in [0.5, 0.6) is 0 Å². The fourth-order valence-corrected chi connectivity index (χ4v) is 7.16. The van der Waals surface area contributed by atoms with Crippen molar-refractivity contribution in [3.8, 4) is 11.1 Å². The van der Waals surface area contributed by atoms with Crippen molar-refractivity contribution in [1.82, 2.24) is 25.2 Å². The molecule has 0 saturated carbocycles. The van der Waals surface area contributed by atoms with Crippen molar-refractivity contribution in [2.45, 2.75) is 30.6 Å². The molecule has 4 N–H and O–H groups in total. The van der Waals surface area contributed by atoms with E-state index >= 15 is 0 Å². The van der Waals surface area contributed by atoms with Crippen LogP contribution in [0.15, 0.2) is 46.9 Å². The van der Waals surface area contributed by atoms with Gasteiger partial charge in [-0.1, -0.05) is 18.2 Å². The zero-order valence-corrected chi connectivity index (χ0v) is 24.3. The second-order valence-corrected chi connectivity index (χ2v) is 13.8. The third-order valence-corrected chi connectivity index (χ3v) is 9.39. The van der Waals surface area contributed by atoms with Crippen molar-refractivity contribution in [2.24, 2.45) is 5.14 Å². The molecule has 44 heavy (non-hydrogen) atoms. The number of sulfone groups is 1. The summed E-state index contributed by atoms with van der Waals surface area (Å²) in [5, 5.41) is 11.6. The Morgan fingerprint density at radius 2 is 1.68 bits per heavy atom. The number of carbonyl (C=O) groups excluding carboxylic acids is 1. The molecule has 4 rings (SSSR count). The van der Waals surface area contributed by atoms with Crippen molar-refractivity contribution in [3.05, 3.63) is 64.8 Å². The summed E-state index contributed by atoms with van der Waals surface area (Å²) in [6, 6.07) is 10.2. The van der Waals surface area contributed by atoms with Gasteiger partial charge in [0.1, 0.15) is 11.6 Å². The largest absolute Gasteiger partial charge is 0.422 e. The SMILES string of the molecule is NS(=O)(=O)NCc1nnc(C(c2nc3ccc(-c4cccc(C(=O)NCC(F)(F)F)c4)cc3s2)S(=O)(=O)CCC(F)(F)F)o1. The summed E-state index contributed by atoms with van der Waals surface area (Å²) >= 11 is 0.782. The summed E-state index contributed by atoms with van der Waals surface area (Å²) in [7, 11) is -8.89. The molecular formula is C23H20F6N6O6S3. The second-order valence-electron chi connectivity index (χ2n) is 9.13. The van der Waals surface area contributed by atoms with Crippen LogP contribution in [0.1, 0.15) is 38.8 Å². The first-order chi connectivity index (χ1) is 20.3. The summed E-state index contributed by atoms with van der Waals surface area (Å²) in [5.74, 6) is -3.39. The number of fused-ring (bicyclic) bond motifs is 1. The van der Waals surface area contributed by atoms with Gasteiger partial charge in [-0.05, 0) is 35.4 Å². The van der Waals surface area contributed by atoms with Gasteiger partial charge >= 0.3 is 12.4 Å². The summed E-state index contributed by atoms with van der Waals surface area (Å²) < 4.78 is 132. The number of alkyl halides is 6. The fraction of sp³-hybridized carbons (Fsp3) is 0.304. The number of halogens is 6. The van der Waals surface area contributed by atoms with Gasteiger partial charge in [0.05, 0.1) is 28.9 Å². The van der Waals surface area contributed by atoms with E-state index in [1.165, 1.54) is 36.4 Å². The minimum atomic E-state index is -4.81. The highest BCUT2D eigenvalue weighted by Gasteiger charge is 2.40. The molecule has 2 aromatic heterocycles. The summed E-state index contributed by atoms with van der Waals surface area (Å²) in [5.41, 5.74) is 1.06. The molecule has 1 amide bonds. The molecule has 0 aliphatic heterocycles. The summed E-state index contributed by atoms with van der Waals surface area (Å²) in [6.07, 6.45) is -11.1. The van der Waals surface area contributed by atoms with Gasteiger partial charge < -0.3 is 9.73 Å². The first-order valence-electron chi connectivity index (χ1n) is 12.0. The van der Waals surface area contributed by atoms with Crippen molar-refractivity contribution in [1.29, 1.82) is 0 Å². The van der Waals surface area contributed by atoms with E-state index in [1.807, 2.05) is 4.72 Å². The number of nitrogens with two attached hydrogens (primary N) is 1. The third kappa shape index (κ3) is 8.94. The van der Waals surface area contributed by atoms with Crippen molar-refractivity contribution in [2.75, 3.05) is 12.3 Å². The number of nitrogens with one attached hydrogen (secondary N) is 2. The minimum absolute atomic E-state index is 0.0585. The Labute approximate surface area is 248 Å². The Bertz CT molecular complexity index is 1890. The van der Waals surface area contributed by atoms with Crippen LogP contribution in [0, 0.1) is 0 Å². The average molecular weight is 687 g/mol. The molecule has 0 radical (unpaired) electrons. The van der Waals surface area contributed by atoms with E-state index in [4.69, 9.17) is 9.56 Å². The van der Waals surface area contributed by atoms with Gasteiger partial charge in [0, 0.05) is 5.56 Å². The van der Waals surface area contributed by atoms with Crippen LogP contribution >= 0.6 is 11.3 Å². The van der Waals surface area contributed by atoms with Gasteiger partial charge in [-0.2, -0.15) is 39.5 Å². The van der Waals surface area contributed by atoms with Crippen LogP contribution in [-0.2, 0) is 26.6 Å². The lowest BCUT2D eigenvalue weighted by atomic mass is 10.0. The lowest BCUT2D eigenvalue weighted by Gasteiger charge is -2.13. The number of carbonyl (C=O) groups is 1. The number of benzene rings is 2. The number of thiazole rings is 1. The Kier molecular flexibility index (Phi) is 9.35. The highest BCUT2D eigenvalue weighted by Crippen LogP contribution is 2.38. The first-order valence-corrected chi connectivity index (χ1v) is 16.1. The van der Waals surface area contributed by atoms with E-state index in [-0.39, 0.29) is 16.1 Å². The molecule has 0 aliphatic rings.